The lowest BCUT2D eigenvalue weighted by Crippen LogP contribution is -2.23. The van der Waals surface area contributed by atoms with Crippen LogP contribution in [0.1, 0.15) is 26.3 Å². The molecule has 0 radical (unpaired) electrons. The molecule has 0 atom stereocenters. The van der Waals surface area contributed by atoms with Crippen LogP contribution in [0.15, 0.2) is 28.1 Å². The van der Waals surface area contributed by atoms with Gasteiger partial charge in [0, 0.05) is 32.4 Å². The van der Waals surface area contributed by atoms with Gasteiger partial charge in [-0.3, -0.25) is 19.2 Å². The summed E-state index contributed by atoms with van der Waals surface area (Å²) in [4.78, 5) is 49.2. The first-order valence-electron chi connectivity index (χ1n) is 7.05. The van der Waals surface area contributed by atoms with Crippen molar-refractivity contribution in [2.45, 2.75) is 20.8 Å². The predicted molar refractivity (Wildman–Crippen MR) is 90.9 cm³/mol. The summed E-state index contributed by atoms with van der Waals surface area (Å²) in [6.45, 7) is 3.78. The first-order chi connectivity index (χ1) is 11.7. The van der Waals surface area contributed by atoms with Crippen LogP contribution in [0.3, 0.4) is 0 Å². The monoisotopic (exact) mass is 362 g/mol. The van der Waals surface area contributed by atoms with Gasteiger partial charge in [0.2, 0.25) is 5.91 Å². The maximum absolute atomic E-state index is 11.9. The van der Waals surface area contributed by atoms with Crippen molar-refractivity contribution in [3.05, 3.63) is 28.7 Å². The van der Waals surface area contributed by atoms with Gasteiger partial charge in [0.15, 0.2) is 5.17 Å². The molecule has 0 spiro atoms. The minimum absolute atomic E-state index is 0.125. The summed E-state index contributed by atoms with van der Waals surface area (Å²) in [5.74, 6) is -1.63. The molecular weight excluding hydrogens is 348 g/mol. The zero-order valence-electron chi connectivity index (χ0n) is 13.6. The molecule has 8 nitrogen and oxygen atoms in total. The lowest BCUT2D eigenvalue weighted by molar-refractivity contribution is -0.132. The highest BCUT2D eigenvalue weighted by molar-refractivity contribution is 8.18. The fraction of sp³-hybridized carbons (Fsp3) is 0.188. The average Bonchev–Trinajstić information content (AvgIpc) is 2.79. The van der Waals surface area contributed by atoms with E-state index in [1.807, 2.05) is 0 Å². The Morgan fingerprint density at radius 3 is 2.40 bits per heavy atom. The van der Waals surface area contributed by atoms with E-state index < -0.39 is 17.8 Å². The number of benzene rings is 1. The van der Waals surface area contributed by atoms with E-state index in [-0.39, 0.29) is 27.5 Å². The molecule has 1 aromatic carbocycles. The summed E-state index contributed by atoms with van der Waals surface area (Å²) in [7, 11) is 0. The molecule has 130 valence electrons. The number of amidine groups is 1. The van der Waals surface area contributed by atoms with Crippen molar-refractivity contribution in [3.8, 4) is 11.5 Å². The molecule has 1 N–H and O–H groups in total. The zero-order chi connectivity index (χ0) is 18.6. The van der Waals surface area contributed by atoms with E-state index in [0.29, 0.717) is 5.56 Å². The van der Waals surface area contributed by atoms with Crippen LogP contribution in [-0.2, 0) is 19.2 Å². The SMILES string of the molecule is CC(=O)NC1=NC(=O)/C(=C/c2ccc(OC(C)=O)cc2OC(C)=O)S1. The van der Waals surface area contributed by atoms with Gasteiger partial charge < -0.3 is 14.8 Å². The van der Waals surface area contributed by atoms with Gasteiger partial charge in [-0.05, 0) is 30.0 Å². The molecule has 0 unspecified atom stereocenters. The van der Waals surface area contributed by atoms with Crippen LogP contribution in [0.5, 0.6) is 11.5 Å². The Bertz CT molecular complexity index is 828. The van der Waals surface area contributed by atoms with E-state index in [1.54, 1.807) is 0 Å². The van der Waals surface area contributed by atoms with Crippen molar-refractivity contribution in [1.29, 1.82) is 0 Å². The summed E-state index contributed by atoms with van der Waals surface area (Å²) in [5, 5.41) is 2.61. The van der Waals surface area contributed by atoms with Crippen LogP contribution in [0.4, 0.5) is 0 Å². The number of carbonyl (C=O) groups excluding carboxylic acids is 4. The Kier molecular flexibility index (Phi) is 5.71. The van der Waals surface area contributed by atoms with Crippen molar-refractivity contribution in [1.82, 2.24) is 5.32 Å². The molecule has 25 heavy (non-hydrogen) atoms. The number of nitrogens with one attached hydrogen (secondary N) is 1. The zero-order valence-corrected chi connectivity index (χ0v) is 14.4. The van der Waals surface area contributed by atoms with E-state index >= 15 is 0 Å². The number of thioether (sulfide) groups is 1. The van der Waals surface area contributed by atoms with E-state index in [2.05, 4.69) is 10.3 Å². The van der Waals surface area contributed by atoms with Crippen molar-refractivity contribution in [3.63, 3.8) is 0 Å². The number of ether oxygens (including phenoxy) is 2. The van der Waals surface area contributed by atoms with Crippen LogP contribution in [0, 0.1) is 0 Å². The van der Waals surface area contributed by atoms with Gasteiger partial charge in [0.05, 0.1) is 4.91 Å². The molecule has 0 aliphatic carbocycles. The number of amides is 2. The van der Waals surface area contributed by atoms with E-state index in [9.17, 15) is 19.2 Å². The standard InChI is InChI=1S/C16H14N2O6S/c1-8(19)17-16-18-15(22)14(25-16)6-11-4-5-12(23-9(2)20)7-13(11)24-10(3)21/h4-7H,1-3H3,(H,17,18,19,22)/b14-6-. The number of hydrogen-bond donors (Lipinski definition) is 1. The smallest absolute Gasteiger partial charge is 0.308 e. The van der Waals surface area contributed by atoms with Crippen LogP contribution >= 0.6 is 11.8 Å². The molecule has 0 aromatic heterocycles. The van der Waals surface area contributed by atoms with E-state index in [4.69, 9.17) is 9.47 Å². The van der Waals surface area contributed by atoms with Gasteiger partial charge >= 0.3 is 11.9 Å². The van der Waals surface area contributed by atoms with Gasteiger partial charge in [0.25, 0.3) is 5.91 Å². The normalized spacial score (nSPS) is 14.9. The minimum Gasteiger partial charge on any atom is -0.427 e. The Labute approximate surface area is 147 Å². The second kappa shape index (κ2) is 7.75. The Hall–Kier alpha value is -2.94. The summed E-state index contributed by atoms with van der Waals surface area (Å²) >= 11 is 0.988. The minimum atomic E-state index is -0.569. The first kappa shape index (κ1) is 18.4. The maximum atomic E-state index is 11.9. The Morgan fingerprint density at radius 1 is 1.12 bits per heavy atom. The molecule has 2 amide bonds. The highest BCUT2D eigenvalue weighted by Crippen LogP contribution is 2.32. The van der Waals surface area contributed by atoms with Crippen LogP contribution in [0.2, 0.25) is 0 Å². The predicted octanol–water partition coefficient (Wildman–Crippen LogP) is 1.64. The lowest BCUT2D eigenvalue weighted by Gasteiger charge is -2.09. The van der Waals surface area contributed by atoms with Gasteiger partial charge in [0.1, 0.15) is 11.5 Å². The molecule has 1 aliphatic heterocycles. The van der Waals surface area contributed by atoms with Crippen LogP contribution in [0.25, 0.3) is 6.08 Å². The Morgan fingerprint density at radius 2 is 1.80 bits per heavy atom. The molecule has 1 aromatic rings. The molecule has 1 heterocycles. The molecule has 9 heteroatoms. The number of carbonyl (C=O) groups is 4. The third-order valence-electron chi connectivity index (χ3n) is 2.69. The molecule has 0 fully saturated rings. The molecule has 0 saturated heterocycles. The molecular formula is C16H14N2O6S. The fourth-order valence-electron chi connectivity index (χ4n) is 1.86. The number of esters is 2. The van der Waals surface area contributed by atoms with Crippen molar-refractivity contribution < 1.29 is 28.7 Å². The molecule has 1 aliphatic rings. The van der Waals surface area contributed by atoms with E-state index in [1.165, 1.54) is 45.0 Å². The largest absolute Gasteiger partial charge is 0.427 e. The van der Waals surface area contributed by atoms with Gasteiger partial charge in [-0.25, -0.2) is 0 Å². The summed E-state index contributed by atoms with van der Waals surface area (Å²) in [6, 6.07) is 4.41. The molecule has 0 bridgehead atoms. The number of hydrogen-bond acceptors (Lipinski definition) is 7. The molecule has 0 saturated carbocycles. The van der Waals surface area contributed by atoms with Crippen molar-refractivity contribution in [2.75, 3.05) is 0 Å². The third kappa shape index (κ3) is 5.28. The second-order valence-corrected chi connectivity index (χ2v) is 5.93. The quantitative estimate of drug-likeness (QED) is 0.494. The van der Waals surface area contributed by atoms with Gasteiger partial charge in [-0.15, -0.1) is 0 Å². The topological polar surface area (TPSA) is 111 Å². The summed E-state index contributed by atoms with van der Waals surface area (Å²) in [6.07, 6.45) is 1.47. The number of rotatable bonds is 3. The van der Waals surface area contributed by atoms with E-state index in [0.717, 1.165) is 11.8 Å². The highest BCUT2D eigenvalue weighted by Gasteiger charge is 2.23. The second-order valence-electron chi connectivity index (χ2n) is 4.90. The van der Waals surface area contributed by atoms with Gasteiger partial charge in [-0.1, -0.05) is 0 Å². The summed E-state index contributed by atoms with van der Waals surface area (Å²) in [5.41, 5.74) is 0.418. The maximum Gasteiger partial charge on any atom is 0.308 e. The van der Waals surface area contributed by atoms with Gasteiger partial charge in [-0.2, -0.15) is 4.99 Å². The van der Waals surface area contributed by atoms with Crippen molar-refractivity contribution in [2.24, 2.45) is 4.99 Å². The highest BCUT2D eigenvalue weighted by atomic mass is 32.2. The summed E-state index contributed by atoms with van der Waals surface area (Å²) < 4.78 is 10.1. The fourth-order valence-corrected chi connectivity index (χ4v) is 2.71. The Balaban J connectivity index is 2.32. The van der Waals surface area contributed by atoms with Crippen LogP contribution in [-0.4, -0.2) is 28.9 Å². The lowest BCUT2D eigenvalue weighted by atomic mass is 10.1. The number of aliphatic imine (C=N–C) groups is 1. The average molecular weight is 362 g/mol. The van der Waals surface area contributed by atoms with Crippen molar-refractivity contribution >= 4 is 46.8 Å². The molecule has 2 rings (SSSR count). The first-order valence-corrected chi connectivity index (χ1v) is 7.87. The van der Waals surface area contributed by atoms with Crippen LogP contribution < -0.4 is 14.8 Å². The third-order valence-corrected chi connectivity index (χ3v) is 3.59. The number of nitrogens with zero attached hydrogens (tertiary/aromatic N) is 1.